The van der Waals surface area contributed by atoms with Gasteiger partial charge in [0.2, 0.25) is 0 Å². The molecule has 7 nitrogen and oxygen atoms in total. The minimum Gasteiger partial charge on any atom is -0.353 e. The van der Waals surface area contributed by atoms with Crippen molar-refractivity contribution in [2.75, 3.05) is 5.32 Å². The summed E-state index contributed by atoms with van der Waals surface area (Å²) < 4.78 is 1.58. The topological polar surface area (TPSA) is 88.5 Å². The van der Waals surface area contributed by atoms with Gasteiger partial charge in [-0.1, -0.05) is 0 Å². The number of nitrogens with zero attached hydrogens (tertiary/aromatic N) is 4. The molecule has 0 aromatic carbocycles. The van der Waals surface area contributed by atoms with E-state index in [9.17, 15) is 4.79 Å². The monoisotopic (exact) mass is 332 g/mol. The maximum Gasteiger partial charge on any atom is 0.260 e. The van der Waals surface area contributed by atoms with Crippen LogP contribution >= 0.6 is 0 Å². The number of pyridine rings is 2. The van der Waals surface area contributed by atoms with Crippen LogP contribution in [0, 0.1) is 6.92 Å². The van der Waals surface area contributed by atoms with Crippen LogP contribution in [0.25, 0.3) is 22.3 Å². The Morgan fingerprint density at radius 3 is 2.84 bits per heavy atom. The summed E-state index contributed by atoms with van der Waals surface area (Å²) in [5.41, 5.74) is 4.30. The van der Waals surface area contributed by atoms with Gasteiger partial charge in [0, 0.05) is 37.1 Å². The summed E-state index contributed by atoms with van der Waals surface area (Å²) in [6, 6.07) is 7.78. The van der Waals surface area contributed by atoms with Crippen molar-refractivity contribution in [3.63, 3.8) is 0 Å². The molecule has 1 amide bonds. The number of amides is 1. The van der Waals surface area contributed by atoms with Crippen molar-refractivity contribution in [2.24, 2.45) is 7.05 Å². The van der Waals surface area contributed by atoms with Gasteiger partial charge in [-0.3, -0.25) is 14.5 Å². The zero-order valence-corrected chi connectivity index (χ0v) is 13.8. The number of fused-ring (bicyclic) bond motifs is 1. The maximum absolute atomic E-state index is 12.2. The number of hydrogen-bond donors (Lipinski definition) is 2. The summed E-state index contributed by atoms with van der Waals surface area (Å²) in [5.74, 6) is 0.235. The molecule has 0 saturated carbocycles. The van der Waals surface area contributed by atoms with E-state index in [-0.39, 0.29) is 5.91 Å². The maximum atomic E-state index is 12.2. The Balaban J connectivity index is 1.63. The Labute approximate surface area is 143 Å². The summed E-state index contributed by atoms with van der Waals surface area (Å²) in [6.07, 6.45) is 6.69. The van der Waals surface area contributed by atoms with Crippen LogP contribution in [0.15, 0.2) is 49.1 Å². The lowest BCUT2D eigenvalue weighted by Gasteiger charge is -2.02. The third-order valence-corrected chi connectivity index (χ3v) is 3.90. The summed E-state index contributed by atoms with van der Waals surface area (Å²) >= 11 is 0. The van der Waals surface area contributed by atoms with E-state index in [4.69, 9.17) is 0 Å². The Bertz CT molecular complexity index is 1080. The van der Waals surface area contributed by atoms with E-state index in [0.29, 0.717) is 11.4 Å². The molecular weight excluding hydrogens is 316 g/mol. The highest BCUT2D eigenvalue weighted by Gasteiger charge is 2.11. The number of hydrogen-bond acceptors (Lipinski definition) is 4. The molecule has 4 heterocycles. The van der Waals surface area contributed by atoms with Crippen LogP contribution in [0.2, 0.25) is 0 Å². The molecule has 7 heteroatoms. The highest BCUT2D eigenvalue weighted by Crippen LogP contribution is 2.24. The second kappa shape index (κ2) is 5.86. The van der Waals surface area contributed by atoms with Gasteiger partial charge < -0.3 is 10.3 Å². The first kappa shape index (κ1) is 15.1. The number of nitrogens with one attached hydrogen (secondary N) is 2. The van der Waals surface area contributed by atoms with E-state index in [1.165, 1.54) is 6.20 Å². The first-order valence-corrected chi connectivity index (χ1v) is 7.80. The Hall–Kier alpha value is -3.48. The van der Waals surface area contributed by atoms with E-state index in [1.807, 2.05) is 31.2 Å². The molecular formula is C18H16N6O. The molecule has 0 atom stereocenters. The van der Waals surface area contributed by atoms with E-state index in [2.05, 4.69) is 25.4 Å². The zero-order valence-electron chi connectivity index (χ0n) is 13.8. The van der Waals surface area contributed by atoms with Gasteiger partial charge >= 0.3 is 0 Å². The molecule has 0 aliphatic rings. The third kappa shape index (κ3) is 2.99. The van der Waals surface area contributed by atoms with Crippen molar-refractivity contribution in [1.82, 2.24) is 24.7 Å². The van der Waals surface area contributed by atoms with Crippen LogP contribution in [0.5, 0.6) is 0 Å². The summed E-state index contributed by atoms with van der Waals surface area (Å²) in [4.78, 5) is 24.2. The van der Waals surface area contributed by atoms with Crippen LogP contribution in [0.3, 0.4) is 0 Å². The van der Waals surface area contributed by atoms with Crippen molar-refractivity contribution in [3.8, 4) is 11.4 Å². The van der Waals surface area contributed by atoms with Gasteiger partial charge in [0.05, 0.1) is 28.7 Å². The first-order chi connectivity index (χ1) is 12.1. The summed E-state index contributed by atoms with van der Waals surface area (Å²) in [6.45, 7) is 2.03. The fraction of sp³-hybridized carbons (Fsp3) is 0.111. The van der Waals surface area contributed by atoms with Crippen LogP contribution in [-0.4, -0.2) is 30.6 Å². The predicted molar refractivity (Wildman–Crippen MR) is 95.2 cm³/mol. The highest BCUT2D eigenvalue weighted by atomic mass is 16.1. The van der Waals surface area contributed by atoms with Crippen molar-refractivity contribution < 1.29 is 4.79 Å². The van der Waals surface area contributed by atoms with Crippen LogP contribution in [0.4, 0.5) is 5.82 Å². The second-order valence-corrected chi connectivity index (χ2v) is 5.92. The van der Waals surface area contributed by atoms with Crippen molar-refractivity contribution in [2.45, 2.75) is 6.92 Å². The summed E-state index contributed by atoms with van der Waals surface area (Å²) in [7, 11) is 1.76. The number of aromatic amines is 1. The number of aromatic nitrogens is 5. The van der Waals surface area contributed by atoms with Gasteiger partial charge in [-0.15, -0.1) is 0 Å². The van der Waals surface area contributed by atoms with E-state index in [0.717, 1.165) is 27.9 Å². The molecule has 0 unspecified atom stereocenters. The van der Waals surface area contributed by atoms with E-state index in [1.54, 1.807) is 30.3 Å². The average Bonchev–Trinajstić information content (AvgIpc) is 3.20. The fourth-order valence-corrected chi connectivity index (χ4v) is 2.64. The van der Waals surface area contributed by atoms with Crippen molar-refractivity contribution in [3.05, 3.63) is 60.2 Å². The zero-order chi connectivity index (χ0) is 17.4. The lowest BCUT2D eigenvalue weighted by molar-refractivity contribution is 0.102. The molecule has 0 spiro atoms. The lowest BCUT2D eigenvalue weighted by Crippen LogP contribution is -2.12. The van der Waals surface area contributed by atoms with Crippen molar-refractivity contribution in [1.29, 1.82) is 0 Å². The molecule has 2 N–H and O–H groups in total. The van der Waals surface area contributed by atoms with Gasteiger partial charge in [0.25, 0.3) is 5.91 Å². The lowest BCUT2D eigenvalue weighted by atomic mass is 10.2. The first-order valence-electron chi connectivity index (χ1n) is 7.80. The largest absolute Gasteiger partial charge is 0.353 e. The van der Waals surface area contributed by atoms with Gasteiger partial charge in [0.1, 0.15) is 5.82 Å². The van der Waals surface area contributed by atoms with Crippen LogP contribution in [-0.2, 0) is 7.05 Å². The van der Waals surface area contributed by atoms with E-state index < -0.39 is 0 Å². The van der Waals surface area contributed by atoms with Crippen LogP contribution in [0.1, 0.15) is 15.9 Å². The average molecular weight is 332 g/mol. The van der Waals surface area contributed by atoms with Crippen LogP contribution < -0.4 is 5.32 Å². The molecule has 0 aliphatic carbocycles. The number of H-pyrrole nitrogens is 1. The summed E-state index contributed by atoms with van der Waals surface area (Å²) in [5, 5.41) is 7.73. The van der Waals surface area contributed by atoms with Gasteiger partial charge in [-0.05, 0) is 30.7 Å². The Morgan fingerprint density at radius 1 is 1.20 bits per heavy atom. The third-order valence-electron chi connectivity index (χ3n) is 3.90. The minimum atomic E-state index is -0.243. The normalized spacial score (nSPS) is 11.0. The molecule has 0 bridgehead atoms. The second-order valence-electron chi connectivity index (χ2n) is 5.92. The molecule has 0 aliphatic heterocycles. The molecule has 4 aromatic heterocycles. The van der Waals surface area contributed by atoms with Gasteiger partial charge in [-0.25, -0.2) is 4.98 Å². The Morgan fingerprint density at radius 2 is 2.08 bits per heavy atom. The predicted octanol–water partition coefficient (Wildman–Crippen LogP) is 2.92. The molecule has 0 fully saturated rings. The number of aryl methyl sites for hydroxylation is 2. The molecule has 124 valence electrons. The smallest absolute Gasteiger partial charge is 0.260 e. The van der Waals surface area contributed by atoms with Crippen molar-refractivity contribution >= 4 is 22.6 Å². The highest BCUT2D eigenvalue weighted by molar-refractivity contribution is 6.04. The quantitative estimate of drug-likeness (QED) is 0.604. The molecule has 0 saturated heterocycles. The van der Waals surface area contributed by atoms with Gasteiger partial charge in [0.15, 0.2) is 0 Å². The number of carbonyl (C=O) groups is 1. The molecule has 0 radical (unpaired) electrons. The number of carbonyl (C=O) groups excluding carboxylic acids is 1. The molecule has 25 heavy (non-hydrogen) atoms. The SMILES string of the molecule is Cc1ccnc(-c2cc3cnc(NC(=O)c4cnn(C)c4)cc3[nH]2)c1. The Kier molecular flexibility index (Phi) is 3.53. The number of anilines is 1. The molecule has 4 rings (SSSR count). The van der Waals surface area contributed by atoms with Gasteiger partial charge in [-0.2, -0.15) is 5.10 Å². The number of rotatable bonds is 3. The fourth-order valence-electron chi connectivity index (χ4n) is 2.64. The van der Waals surface area contributed by atoms with E-state index >= 15 is 0 Å². The molecule has 4 aromatic rings. The minimum absolute atomic E-state index is 0.243. The standard InChI is InChI=1S/C18H16N6O/c1-11-3-4-19-15(5-11)16-6-12-8-20-17(7-14(12)22-16)23-18(25)13-9-21-24(2)10-13/h3-10,22H,1-2H3,(H,20,23,25).